The monoisotopic (exact) mass is 434 g/mol. The van der Waals surface area contributed by atoms with Gasteiger partial charge in [0.05, 0.1) is 16.1 Å². The van der Waals surface area contributed by atoms with Crippen LogP contribution < -0.4 is 15.5 Å². The second-order valence-electron chi connectivity index (χ2n) is 7.72. The molecule has 2 aromatic carbocycles. The molecular weight excluding hydrogens is 408 g/mol. The van der Waals surface area contributed by atoms with E-state index in [-0.39, 0.29) is 11.8 Å². The molecule has 1 aliphatic heterocycles. The van der Waals surface area contributed by atoms with Crippen LogP contribution in [0.2, 0.25) is 0 Å². The number of benzene rings is 2. The lowest BCUT2D eigenvalue weighted by Gasteiger charge is -2.35. The second-order valence-corrected chi connectivity index (χ2v) is 8.67. The average molecular weight is 435 g/mol. The van der Waals surface area contributed by atoms with E-state index in [0.717, 1.165) is 37.4 Å². The van der Waals surface area contributed by atoms with E-state index in [1.54, 1.807) is 30.3 Å². The predicted molar refractivity (Wildman–Crippen MR) is 128 cm³/mol. The van der Waals surface area contributed by atoms with Crippen molar-refractivity contribution in [3.05, 3.63) is 76.0 Å². The van der Waals surface area contributed by atoms with Crippen LogP contribution in [0.5, 0.6) is 0 Å². The van der Waals surface area contributed by atoms with Crippen LogP contribution in [0.25, 0.3) is 0 Å². The molecule has 0 aliphatic carbocycles. The van der Waals surface area contributed by atoms with Gasteiger partial charge in [-0.3, -0.25) is 9.59 Å². The number of nitrogens with one attached hydrogen (secondary N) is 2. The third-order valence-electron chi connectivity index (χ3n) is 5.46. The summed E-state index contributed by atoms with van der Waals surface area (Å²) in [5.74, 6) is -0.476. The number of likely N-dealkylation sites (N-methyl/N-ethyl adjacent to an activating group) is 1. The Morgan fingerprint density at radius 3 is 2.39 bits per heavy atom. The Labute approximate surface area is 186 Å². The molecule has 4 rings (SSSR count). The van der Waals surface area contributed by atoms with Crippen LogP contribution in [0.4, 0.5) is 17.1 Å². The zero-order chi connectivity index (χ0) is 21.8. The summed E-state index contributed by atoms with van der Waals surface area (Å²) in [6.45, 7) is 6.16. The van der Waals surface area contributed by atoms with Crippen molar-refractivity contribution in [3.8, 4) is 0 Å². The molecule has 0 radical (unpaired) electrons. The standard InChI is InChI=1S/C24H26N4O2S/c1-17-16-18(9-10-21(17)28-13-11-27(2)12-14-28)25-23(29)19-6-3-4-7-20(19)26-24(30)22-8-5-15-31-22/h3-10,15-16H,11-14H2,1-2H3,(H,25,29)(H,26,30). The van der Waals surface area contributed by atoms with Crippen molar-refractivity contribution in [3.63, 3.8) is 0 Å². The number of anilines is 3. The second kappa shape index (κ2) is 9.32. The minimum Gasteiger partial charge on any atom is -0.369 e. The summed E-state index contributed by atoms with van der Waals surface area (Å²) in [7, 11) is 2.14. The normalized spacial score (nSPS) is 14.3. The number of aryl methyl sites for hydroxylation is 1. The molecule has 0 spiro atoms. The number of nitrogens with zero attached hydrogens (tertiary/aromatic N) is 2. The molecule has 7 heteroatoms. The van der Waals surface area contributed by atoms with Gasteiger partial charge in [0.25, 0.3) is 11.8 Å². The summed E-state index contributed by atoms with van der Waals surface area (Å²) in [5.41, 5.74) is 3.98. The van der Waals surface area contributed by atoms with Gasteiger partial charge in [-0.25, -0.2) is 0 Å². The molecule has 1 saturated heterocycles. The van der Waals surface area contributed by atoms with Gasteiger partial charge in [0.2, 0.25) is 0 Å². The predicted octanol–water partition coefficient (Wildman–Crippen LogP) is 4.31. The van der Waals surface area contributed by atoms with E-state index in [4.69, 9.17) is 0 Å². The summed E-state index contributed by atoms with van der Waals surface area (Å²) in [6, 6.07) is 16.6. The first-order valence-electron chi connectivity index (χ1n) is 10.3. The van der Waals surface area contributed by atoms with E-state index in [9.17, 15) is 9.59 Å². The highest BCUT2D eigenvalue weighted by Gasteiger charge is 2.18. The van der Waals surface area contributed by atoms with E-state index in [1.165, 1.54) is 17.0 Å². The van der Waals surface area contributed by atoms with Gasteiger partial charge in [0.1, 0.15) is 0 Å². The zero-order valence-corrected chi connectivity index (χ0v) is 18.5. The lowest BCUT2D eigenvalue weighted by atomic mass is 10.1. The fraction of sp³-hybridized carbons (Fsp3) is 0.250. The zero-order valence-electron chi connectivity index (χ0n) is 17.7. The molecule has 0 saturated carbocycles. The summed E-state index contributed by atoms with van der Waals surface area (Å²) in [4.78, 5) is 30.7. The van der Waals surface area contributed by atoms with Crippen LogP contribution in [-0.4, -0.2) is 49.9 Å². The Kier molecular flexibility index (Phi) is 6.34. The van der Waals surface area contributed by atoms with E-state index >= 15 is 0 Å². The summed E-state index contributed by atoms with van der Waals surface area (Å²) in [6.07, 6.45) is 0. The van der Waals surface area contributed by atoms with E-state index in [0.29, 0.717) is 16.1 Å². The molecule has 0 unspecified atom stereocenters. The highest BCUT2D eigenvalue weighted by atomic mass is 32.1. The SMILES string of the molecule is Cc1cc(NC(=O)c2ccccc2NC(=O)c2cccs2)ccc1N1CCN(C)CC1. The number of amides is 2. The summed E-state index contributed by atoms with van der Waals surface area (Å²) >= 11 is 1.36. The number of para-hydroxylation sites is 1. The van der Waals surface area contributed by atoms with Gasteiger partial charge in [0.15, 0.2) is 0 Å². The van der Waals surface area contributed by atoms with Crippen molar-refractivity contribution in [2.45, 2.75) is 6.92 Å². The van der Waals surface area contributed by atoms with E-state index < -0.39 is 0 Å². The van der Waals surface area contributed by atoms with Crippen molar-refractivity contribution in [1.82, 2.24) is 4.90 Å². The van der Waals surface area contributed by atoms with Crippen LogP contribution in [0.1, 0.15) is 25.6 Å². The first kappa shape index (κ1) is 21.1. The third kappa shape index (κ3) is 4.95. The molecule has 160 valence electrons. The molecule has 0 bridgehead atoms. The molecule has 2 N–H and O–H groups in total. The van der Waals surface area contributed by atoms with Crippen molar-refractivity contribution < 1.29 is 9.59 Å². The van der Waals surface area contributed by atoms with E-state index in [1.807, 2.05) is 23.6 Å². The molecule has 6 nitrogen and oxygen atoms in total. The quantitative estimate of drug-likeness (QED) is 0.628. The molecule has 0 atom stereocenters. The number of thiophene rings is 1. The lowest BCUT2D eigenvalue weighted by molar-refractivity contribution is 0.102. The lowest BCUT2D eigenvalue weighted by Crippen LogP contribution is -2.44. The molecule has 1 aromatic heterocycles. The van der Waals surface area contributed by atoms with Gasteiger partial charge in [-0.2, -0.15) is 0 Å². The minimum atomic E-state index is -0.256. The van der Waals surface area contributed by atoms with E-state index in [2.05, 4.69) is 40.5 Å². The average Bonchev–Trinajstić information content (AvgIpc) is 3.30. The Morgan fingerprint density at radius 1 is 0.903 bits per heavy atom. The Balaban J connectivity index is 1.47. The Hall–Kier alpha value is -3.16. The summed E-state index contributed by atoms with van der Waals surface area (Å²) in [5, 5.41) is 7.67. The van der Waals surface area contributed by atoms with Gasteiger partial charge in [0, 0.05) is 37.6 Å². The molecule has 31 heavy (non-hydrogen) atoms. The van der Waals surface area contributed by atoms with Crippen LogP contribution >= 0.6 is 11.3 Å². The largest absolute Gasteiger partial charge is 0.369 e. The first-order chi connectivity index (χ1) is 15.0. The number of hydrogen-bond donors (Lipinski definition) is 2. The minimum absolute atomic E-state index is 0.220. The third-order valence-corrected chi connectivity index (χ3v) is 6.33. The maximum absolute atomic E-state index is 13.0. The molecule has 1 fully saturated rings. The molecule has 2 heterocycles. The molecule has 3 aromatic rings. The van der Waals surface area contributed by atoms with Gasteiger partial charge in [-0.05, 0) is 61.3 Å². The number of piperazine rings is 1. The van der Waals surface area contributed by atoms with Crippen molar-refractivity contribution in [2.24, 2.45) is 0 Å². The van der Waals surface area contributed by atoms with Crippen molar-refractivity contribution in [1.29, 1.82) is 0 Å². The number of carbonyl (C=O) groups is 2. The molecule has 1 aliphatic rings. The Bertz CT molecular complexity index is 1070. The van der Waals surface area contributed by atoms with Crippen molar-refractivity contribution >= 4 is 40.2 Å². The van der Waals surface area contributed by atoms with Crippen LogP contribution in [-0.2, 0) is 0 Å². The van der Waals surface area contributed by atoms with Crippen molar-refractivity contribution in [2.75, 3.05) is 48.8 Å². The first-order valence-corrected chi connectivity index (χ1v) is 11.2. The van der Waals surface area contributed by atoms with Gasteiger partial charge in [-0.15, -0.1) is 11.3 Å². The number of rotatable bonds is 5. The fourth-order valence-corrected chi connectivity index (χ4v) is 4.33. The smallest absolute Gasteiger partial charge is 0.265 e. The van der Waals surface area contributed by atoms with Gasteiger partial charge >= 0.3 is 0 Å². The van der Waals surface area contributed by atoms with Crippen LogP contribution in [0, 0.1) is 6.92 Å². The highest BCUT2D eigenvalue weighted by molar-refractivity contribution is 7.12. The highest BCUT2D eigenvalue weighted by Crippen LogP contribution is 2.26. The van der Waals surface area contributed by atoms with Gasteiger partial charge < -0.3 is 20.4 Å². The maximum atomic E-state index is 13.0. The van der Waals surface area contributed by atoms with Gasteiger partial charge in [-0.1, -0.05) is 18.2 Å². The maximum Gasteiger partial charge on any atom is 0.265 e. The van der Waals surface area contributed by atoms with Crippen LogP contribution in [0.3, 0.4) is 0 Å². The summed E-state index contributed by atoms with van der Waals surface area (Å²) < 4.78 is 0. The molecular formula is C24H26N4O2S. The fourth-order valence-electron chi connectivity index (χ4n) is 3.72. The Morgan fingerprint density at radius 2 is 1.68 bits per heavy atom. The molecule has 2 amide bonds. The van der Waals surface area contributed by atoms with Crippen LogP contribution in [0.15, 0.2) is 60.0 Å². The number of carbonyl (C=O) groups excluding carboxylic acids is 2. The number of hydrogen-bond acceptors (Lipinski definition) is 5. The topological polar surface area (TPSA) is 64.7 Å².